The van der Waals surface area contributed by atoms with Crippen LogP contribution in [0.2, 0.25) is 0 Å². The van der Waals surface area contributed by atoms with Gasteiger partial charge in [-0.05, 0) is 50.7 Å². The minimum Gasteiger partial charge on any atom is -0.488 e. The molecule has 2 nitrogen and oxygen atoms in total. The number of hydrogen-bond acceptors (Lipinski definition) is 2. The summed E-state index contributed by atoms with van der Waals surface area (Å²) in [5, 5.41) is 0. The van der Waals surface area contributed by atoms with Crippen LogP contribution in [-0.4, -0.2) is 19.2 Å². The summed E-state index contributed by atoms with van der Waals surface area (Å²) in [6.45, 7) is 1.89. The topological polar surface area (TPSA) is 12.5 Å². The van der Waals surface area contributed by atoms with Gasteiger partial charge in [-0.2, -0.15) is 0 Å². The highest BCUT2D eigenvalue weighted by Gasteiger charge is 2.23. The number of para-hydroxylation sites is 1. The normalized spacial score (nSPS) is 20.8. The van der Waals surface area contributed by atoms with Gasteiger partial charge in [0.1, 0.15) is 17.3 Å². The van der Waals surface area contributed by atoms with Crippen molar-refractivity contribution < 1.29 is 9.13 Å². The number of anilines is 1. The Morgan fingerprint density at radius 1 is 1.00 bits per heavy atom. The second kappa shape index (κ2) is 5.81. The fourth-order valence-electron chi connectivity index (χ4n) is 3.20. The zero-order valence-corrected chi connectivity index (χ0v) is 11.4. The van der Waals surface area contributed by atoms with E-state index >= 15 is 0 Å². The maximum absolute atomic E-state index is 14.1. The summed E-state index contributed by atoms with van der Waals surface area (Å²) < 4.78 is 20.2. The van der Waals surface area contributed by atoms with Crippen LogP contribution in [0.15, 0.2) is 18.2 Å². The van der Waals surface area contributed by atoms with Gasteiger partial charge in [0.05, 0.1) is 6.10 Å². The van der Waals surface area contributed by atoms with Crippen molar-refractivity contribution in [3.8, 4) is 5.75 Å². The fraction of sp³-hybridized carbons (Fsp3) is 0.625. The van der Waals surface area contributed by atoms with Crippen molar-refractivity contribution in [1.82, 2.24) is 0 Å². The third kappa shape index (κ3) is 2.85. The largest absolute Gasteiger partial charge is 0.488 e. The van der Waals surface area contributed by atoms with E-state index in [1.165, 1.54) is 19.3 Å². The predicted molar refractivity (Wildman–Crippen MR) is 75.3 cm³/mol. The van der Waals surface area contributed by atoms with E-state index in [1.807, 2.05) is 6.07 Å². The molecule has 1 heterocycles. The van der Waals surface area contributed by atoms with Gasteiger partial charge >= 0.3 is 0 Å². The standard InChI is InChI=1S/C16H22FNO/c17-14-9-6-10-15(16(14)18-11-4-5-12-18)19-13-7-2-1-3-8-13/h6,9-10,13H,1-5,7-8,11-12H2. The first kappa shape index (κ1) is 12.8. The van der Waals surface area contributed by atoms with Gasteiger partial charge in [0, 0.05) is 13.1 Å². The maximum Gasteiger partial charge on any atom is 0.150 e. The molecule has 0 unspecified atom stereocenters. The van der Waals surface area contributed by atoms with Crippen LogP contribution >= 0.6 is 0 Å². The predicted octanol–water partition coefficient (Wildman–Crippen LogP) is 4.14. The molecule has 104 valence electrons. The van der Waals surface area contributed by atoms with E-state index in [-0.39, 0.29) is 11.9 Å². The van der Waals surface area contributed by atoms with Gasteiger partial charge in [-0.1, -0.05) is 12.5 Å². The van der Waals surface area contributed by atoms with E-state index in [0.29, 0.717) is 5.69 Å². The van der Waals surface area contributed by atoms with Crippen molar-refractivity contribution in [3.63, 3.8) is 0 Å². The molecule has 3 heteroatoms. The zero-order chi connectivity index (χ0) is 13.1. The van der Waals surface area contributed by atoms with Gasteiger partial charge < -0.3 is 9.64 Å². The van der Waals surface area contributed by atoms with Crippen molar-refractivity contribution in [2.75, 3.05) is 18.0 Å². The highest BCUT2D eigenvalue weighted by molar-refractivity contribution is 5.60. The molecule has 1 aromatic carbocycles. The van der Waals surface area contributed by atoms with Crippen LogP contribution in [0.1, 0.15) is 44.9 Å². The summed E-state index contributed by atoms with van der Waals surface area (Å²) in [5.41, 5.74) is 0.686. The van der Waals surface area contributed by atoms with Crippen LogP contribution in [0.3, 0.4) is 0 Å². The Morgan fingerprint density at radius 2 is 1.74 bits per heavy atom. The Morgan fingerprint density at radius 3 is 2.47 bits per heavy atom. The first-order valence-electron chi connectivity index (χ1n) is 7.55. The molecule has 1 aromatic rings. The average Bonchev–Trinajstić information content (AvgIpc) is 2.94. The van der Waals surface area contributed by atoms with E-state index in [1.54, 1.807) is 12.1 Å². The number of nitrogens with zero attached hydrogens (tertiary/aromatic N) is 1. The van der Waals surface area contributed by atoms with Gasteiger partial charge in [-0.15, -0.1) is 0 Å². The third-order valence-corrected chi connectivity index (χ3v) is 4.22. The van der Waals surface area contributed by atoms with E-state index in [0.717, 1.165) is 44.5 Å². The Balaban J connectivity index is 1.80. The molecule has 0 amide bonds. The van der Waals surface area contributed by atoms with E-state index in [2.05, 4.69) is 4.90 Å². The Hall–Kier alpha value is -1.25. The number of hydrogen-bond donors (Lipinski definition) is 0. The zero-order valence-electron chi connectivity index (χ0n) is 11.4. The highest BCUT2D eigenvalue weighted by atomic mass is 19.1. The SMILES string of the molecule is Fc1cccc(OC2CCCCC2)c1N1CCCC1. The smallest absolute Gasteiger partial charge is 0.150 e. The Labute approximate surface area is 114 Å². The van der Waals surface area contributed by atoms with Crippen molar-refractivity contribution >= 4 is 5.69 Å². The lowest BCUT2D eigenvalue weighted by atomic mass is 9.98. The van der Waals surface area contributed by atoms with Crippen LogP contribution < -0.4 is 9.64 Å². The van der Waals surface area contributed by atoms with E-state index in [4.69, 9.17) is 4.74 Å². The number of halogens is 1. The molecule has 19 heavy (non-hydrogen) atoms. The molecular formula is C16H22FNO. The molecule has 2 fully saturated rings. The fourth-order valence-corrected chi connectivity index (χ4v) is 3.20. The van der Waals surface area contributed by atoms with Crippen molar-refractivity contribution in [2.45, 2.75) is 51.0 Å². The highest BCUT2D eigenvalue weighted by Crippen LogP contribution is 2.35. The number of ether oxygens (including phenoxy) is 1. The van der Waals surface area contributed by atoms with Gasteiger partial charge in [-0.25, -0.2) is 4.39 Å². The molecule has 0 spiro atoms. The third-order valence-electron chi connectivity index (χ3n) is 4.22. The maximum atomic E-state index is 14.1. The molecule has 2 aliphatic rings. The van der Waals surface area contributed by atoms with Gasteiger partial charge in [-0.3, -0.25) is 0 Å². The van der Waals surface area contributed by atoms with Crippen LogP contribution in [0.25, 0.3) is 0 Å². The molecule has 3 rings (SSSR count). The summed E-state index contributed by atoms with van der Waals surface area (Å²) in [6.07, 6.45) is 8.57. The summed E-state index contributed by atoms with van der Waals surface area (Å²) in [5.74, 6) is 0.601. The second-order valence-electron chi connectivity index (χ2n) is 5.66. The molecule has 1 saturated carbocycles. The molecule has 0 atom stereocenters. The Kier molecular flexibility index (Phi) is 3.90. The van der Waals surface area contributed by atoms with E-state index < -0.39 is 0 Å². The van der Waals surface area contributed by atoms with Crippen LogP contribution in [0.5, 0.6) is 5.75 Å². The Bertz CT molecular complexity index is 423. The molecule has 1 aliphatic heterocycles. The van der Waals surface area contributed by atoms with Crippen LogP contribution in [-0.2, 0) is 0 Å². The molecule has 1 aliphatic carbocycles. The minimum absolute atomic E-state index is 0.143. The minimum atomic E-state index is -0.143. The van der Waals surface area contributed by atoms with E-state index in [9.17, 15) is 4.39 Å². The van der Waals surface area contributed by atoms with Crippen LogP contribution in [0, 0.1) is 5.82 Å². The lowest BCUT2D eigenvalue weighted by molar-refractivity contribution is 0.155. The first-order valence-corrected chi connectivity index (χ1v) is 7.55. The van der Waals surface area contributed by atoms with Crippen molar-refractivity contribution in [3.05, 3.63) is 24.0 Å². The molecule has 0 N–H and O–H groups in total. The molecular weight excluding hydrogens is 241 g/mol. The summed E-state index contributed by atoms with van der Waals surface area (Å²) in [7, 11) is 0. The first-order chi connectivity index (χ1) is 9.34. The van der Waals surface area contributed by atoms with Crippen molar-refractivity contribution in [1.29, 1.82) is 0 Å². The number of benzene rings is 1. The quantitative estimate of drug-likeness (QED) is 0.812. The van der Waals surface area contributed by atoms with Crippen LogP contribution in [0.4, 0.5) is 10.1 Å². The van der Waals surface area contributed by atoms with Gasteiger partial charge in [0.15, 0.2) is 0 Å². The van der Waals surface area contributed by atoms with Gasteiger partial charge in [0.2, 0.25) is 0 Å². The summed E-state index contributed by atoms with van der Waals surface area (Å²) in [6, 6.07) is 5.22. The van der Waals surface area contributed by atoms with Crippen molar-refractivity contribution in [2.24, 2.45) is 0 Å². The molecule has 0 aromatic heterocycles. The molecule has 0 bridgehead atoms. The number of rotatable bonds is 3. The lowest BCUT2D eigenvalue weighted by Gasteiger charge is -2.27. The average molecular weight is 263 g/mol. The summed E-state index contributed by atoms with van der Waals surface area (Å²) >= 11 is 0. The second-order valence-corrected chi connectivity index (χ2v) is 5.66. The lowest BCUT2D eigenvalue weighted by Crippen LogP contribution is -2.24. The molecule has 0 radical (unpaired) electrons. The van der Waals surface area contributed by atoms with Gasteiger partial charge in [0.25, 0.3) is 0 Å². The monoisotopic (exact) mass is 263 g/mol. The summed E-state index contributed by atoms with van der Waals surface area (Å²) in [4.78, 5) is 2.13. The molecule has 1 saturated heterocycles.